The summed E-state index contributed by atoms with van der Waals surface area (Å²) in [6.07, 6.45) is 5.35. The molecule has 5 aliphatic rings. The summed E-state index contributed by atoms with van der Waals surface area (Å²) in [5, 5.41) is 0.515. The first-order chi connectivity index (χ1) is 12.6. The van der Waals surface area contributed by atoms with E-state index in [-0.39, 0.29) is 48.6 Å². The minimum atomic E-state index is -0.587. The van der Waals surface area contributed by atoms with Gasteiger partial charge in [0, 0.05) is 10.6 Å². The van der Waals surface area contributed by atoms with Crippen molar-refractivity contribution in [3.8, 4) is 0 Å². The average molecular weight is 372 g/mol. The van der Waals surface area contributed by atoms with Gasteiger partial charge in [0.25, 0.3) is 0 Å². The molecule has 1 aliphatic heterocycles. The quantitative estimate of drug-likeness (QED) is 0.463. The lowest BCUT2D eigenvalue weighted by atomic mass is 9.63. The minimum Gasteiger partial charge on any atom is -0.459 e. The van der Waals surface area contributed by atoms with Gasteiger partial charge >= 0.3 is 5.97 Å². The van der Waals surface area contributed by atoms with E-state index in [1.165, 1.54) is 0 Å². The van der Waals surface area contributed by atoms with Gasteiger partial charge in [-0.1, -0.05) is 42.0 Å². The van der Waals surface area contributed by atoms with Gasteiger partial charge in [-0.05, 0) is 36.2 Å². The van der Waals surface area contributed by atoms with Crippen molar-refractivity contribution in [1.29, 1.82) is 0 Å². The number of likely N-dealkylation sites (tertiary alicyclic amines) is 1. The third-order valence-corrected chi connectivity index (χ3v) is 6.76. The van der Waals surface area contributed by atoms with Crippen LogP contribution in [-0.2, 0) is 25.7 Å². The number of rotatable bonds is 4. The zero-order valence-corrected chi connectivity index (χ0v) is 14.8. The smallest absolute Gasteiger partial charge is 0.326 e. The molecule has 1 heterocycles. The molecule has 3 fully saturated rings. The zero-order chi connectivity index (χ0) is 18.0. The number of imide groups is 1. The SMILES string of the molecule is O=C(CN1C(=O)[C@@H]2[C@H]3C=C[C@@H]([C@@H]4C[C@H]34)[C@H]2C1=O)OCc1ccccc1Cl. The molecule has 0 N–H and O–H groups in total. The summed E-state index contributed by atoms with van der Waals surface area (Å²) in [5.41, 5.74) is 0.692. The molecule has 2 saturated carbocycles. The monoisotopic (exact) mass is 371 g/mol. The van der Waals surface area contributed by atoms with Gasteiger partial charge in [0.05, 0.1) is 11.8 Å². The molecule has 6 heteroatoms. The average Bonchev–Trinajstić information content (AvgIpc) is 3.42. The number of carbonyl (C=O) groups excluding carboxylic acids is 3. The molecule has 4 aliphatic carbocycles. The Morgan fingerprint density at radius 1 is 1.08 bits per heavy atom. The molecule has 0 aromatic heterocycles. The number of carbonyl (C=O) groups is 3. The maximum atomic E-state index is 12.8. The van der Waals surface area contributed by atoms with Crippen molar-refractivity contribution in [2.75, 3.05) is 6.54 Å². The van der Waals surface area contributed by atoms with E-state index in [0.29, 0.717) is 22.4 Å². The van der Waals surface area contributed by atoms with Crippen molar-refractivity contribution < 1.29 is 19.1 Å². The van der Waals surface area contributed by atoms with Crippen LogP contribution in [0.4, 0.5) is 0 Å². The molecule has 0 unspecified atom stereocenters. The van der Waals surface area contributed by atoms with Crippen LogP contribution < -0.4 is 0 Å². The third-order valence-electron chi connectivity index (χ3n) is 6.39. The lowest BCUT2D eigenvalue weighted by Gasteiger charge is -2.37. The van der Waals surface area contributed by atoms with Crippen molar-refractivity contribution in [2.24, 2.45) is 35.5 Å². The highest BCUT2D eigenvalue weighted by atomic mass is 35.5. The van der Waals surface area contributed by atoms with Crippen LogP contribution in [0.25, 0.3) is 0 Å². The Balaban J connectivity index is 1.27. The highest BCUT2D eigenvalue weighted by Gasteiger charge is 2.67. The zero-order valence-electron chi connectivity index (χ0n) is 14.0. The second-order valence-corrected chi connectivity index (χ2v) is 8.08. The van der Waals surface area contributed by atoms with Crippen LogP contribution in [0.5, 0.6) is 0 Å². The van der Waals surface area contributed by atoms with Crippen molar-refractivity contribution in [3.63, 3.8) is 0 Å². The van der Waals surface area contributed by atoms with Gasteiger partial charge in [-0.25, -0.2) is 0 Å². The number of allylic oxidation sites excluding steroid dienone is 2. The van der Waals surface area contributed by atoms with E-state index in [1.807, 2.05) is 0 Å². The first-order valence-corrected chi connectivity index (χ1v) is 9.36. The maximum Gasteiger partial charge on any atom is 0.326 e. The van der Waals surface area contributed by atoms with E-state index in [1.54, 1.807) is 24.3 Å². The van der Waals surface area contributed by atoms with E-state index in [4.69, 9.17) is 16.3 Å². The number of nitrogens with zero attached hydrogens (tertiary/aromatic N) is 1. The van der Waals surface area contributed by atoms with E-state index < -0.39 is 5.97 Å². The van der Waals surface area contributed by atoms with E-state index in [0.717, 1.165) is 11.3 Å². The van der Waals surface area contributed by atoms with E-state index >= 15 is 0 Å². The minimum absolute atomic E-state index is 0.0263. The topological polar surface area (TPSA) is 63.7 Å². The molecule has 6 rings (SSSR count). The molecule has 1 aromatic rings. The van der Waals surface area contributed by atoms with Gasteiger partial charge in [-0.3, -0.25) is 19.3 Å². The summed E-state index contributed by atoms with van der Waals surface area (Å²) < 4.78 is 5.23. The van der Waals surface area contributed by atoms with Gasteiger partial charge < -0.3 is 4.74 Å². The second-order valence-electron chi connectivity index (χ2n) is 7.67. The summed E-state index contributed by atoms with van der Waals surface area (Å²) in [6.45, 7) is -0.289. The molecule has 2 bridgehead atoms. The Kier molecular flexibility index (Phi) is 3.51. The van der Waals surface area contributed by atoms with Crippen LogP contribution in [0, 0.1) is 35.5 Å². The van der Waals surface area contributed by atoms with Gasteiger partial charge in [-0.2, -0.15) is 0 Å². The van der Waals surface area contributed by atoms with Crippen LogP contribution >= 0.6 is 11.6 Å². The highest BCUT2D eigenvalue weighted by Crippen LogP contribution is 2.65. The van der Waals surface area contributed by atoms with Crippen molar-refractivity contribution in [2.45, 2.75) is 13.0 Å². The maximum absolute atomic E-state index is 12.8. The number of amides is 2. The largest absolute Gasteiger partial charge is 0.459 e. The summed E-state index contributed by atoms with van der Waals surface area (Å²) >= 11 is 6.05. The van der Waals surface area contributed by atoms with Crippen LogP contribution in [0.1, 0.15) is 12.0 Å². The molecular formula is C20H18ClNO4. The molecule has 134 valence electrons. The Morgan fingerprint density at radius 3 is 2.31 bits per heavy atom. The van der Waals surface area contributed by atoms with Crippen LogP contribution in [-0.4, -0.2) is 29.2 Å². The molecular weight excluding hydrogens is 354 g/mol. The first-order valence-electron chi connectivity index (χ1n) is 8.99. The van der Waals surface area contributed by atoms with Crippen molar-refractivity contribution in [1.82, 2.24) is 4.90 Å². The molecule has 1 aromatic carbocycles. The molecule has 2 amide bonds. The third kappa shape index (κ3) is 2.26. The van der Waals surface area contributed by atoms with Crippen LogP contribution in [0.15, 0.2) is 36.4 Å². The fraction of sp³-hybridized carbons (Fsp3) is 0.450. The molecule has 5 nitrogen and oxygen atoms in total. The lowest BCUT2D eigenvalue weighted by molar-refractivity contribution is -0.154. The summed E-state index contributed by atoms with van der Waals surface area (Å²) in [4.78, 5) is 38.9. The second kappa shape index (κ2) is 5.68. The van der Waals surface area contributed by atoms with Gasteiger partial charge in [0.1, 0.15) is 13.2 Å². The summed E-state index contributed by atoms with van der Waals surface area (Å²) in [6, 6.07) is 7.09. The Labute approximate surface area is 155 Å². The van der Waals surface area contributed by atoms with Gasteiger partial charge in [0.15, 0.2) is 0 Å². The van der Waals surface area contributed by atoms with Crippen LogP contribution in [0.2, 0.25) is 5.02 Å². The van der Waals surface area contributed by atoms with Gasteiger partial charge in [-0.15, -0.1) is 0 Å². The normalized spacial score (nSPS) is 36.1. The van der Waals surface area contributed by atoms with E-state index in [9.17, 15) is 14.4 Å². The lowest BCUT2D eigenvalue weighted by Crippen LogP contribution is -2.40. The predicted molar refractivity (Wildman–Crippen MR) is 92.7 cm³/mol. The predicted octanol–water partition coefficient (Wildman–Crippen LogP) is 2.44. The number of benzene rings is 1. The molecule has 0 spiro atoms. The Morgan fingerprint density at radius 2 is 1.69 bits per heavy atom. The standard InChI is InChI=1S/C20H18ClNO4/c21-15-4-2-1-3-10(15)9-26-16(23)8-22-19(24)17-11-5-6-12(14-7-13(11)14)18(17)20(22)25/h1-6,11-14,17-18H,7-9H2/t11-,12-,13-,14+,17+,18+/m0/s1. The number of hydrogen-bond acceptors (Lipinski definition) is 4. The molecule has 0 radical (unpaired) electrons. The molecule has 26 heavy (non-hydrogen) atoms. The number of esters is 1. The number of halogens is 1. The summed E-state index contributed by atoms with van der Waals surface area (Å²) in [7, 11) is 0. The Hall–Kier alpha value is -2.14. The number of hydrogen-bond donors (Lipinski definition) is 0. The van der Waals surface area contributed by atoms with Crippen molar-refractivity contribution in [3.05, 3.63) is 47.0 Å². The first kappa shape index (κ1) is 16.1. The molecule has 1 saturated heterocycles. The van der Waals surface area contributed by atoms with Crippen molar-refractivity contribution >= 4 is 29.4 Å². The Bertz CT molecular complexity index is 814. The fourth-order valence-corrected chi connectivity index (χ4v) is 5.31. The summed E-state index contributed by atoms with van der Waals surface area (Å²) in [5.74, 6) is -0.138. The van der Waals surface area contributed by atoms with Crippen LogP contribution in [0.3, 0.4) is 0 Å². The molecule has 6 atom stereocenters. The highest BCUT2D eigenvalue weighted by molar-refractivity contribution is 6.31. The van der Waals surface area contributed by atoms with E-state index in [2.05, 4.69) is 12.2 Å². The van der Waals surface area contributed by atoms with Gasteiger partial charge in [0.2, 0.25) is 11.8 Å². The fourth-order valence-electron chi connectivity index (χ4n) is 5.12. The number of ether oxygens (including phenoxy) is 1.